The summed E-state index contributed by atoms with van der Waals surface area (Å²) in [4.78, 5) is -1.05. The van der Waals surface area contributed by atoms with E-state index in [1.165, 1.54) is 12.1 Å². The molecule has 0 bridgehead atoms. The maximum absolute atomic E-state index is 13.9. The van der Waals surface area contributed by atoms with Gasteiger partial charge in [0.25, 0.3) is 20.0 Å². The molecule has 0 fully saturated rings. The molecule has 2 N–H and O–H groups in total. The van der Waals surface area contributed by atoms with Gasteiger partial charge < -0.3 is 0 Å². The highest BCUT2D eigenvalue weighted by atomic mass is 32.2. The third kappa shape index (κ3) is 4.77. The van der Waals surface area contributed by atoms with E-state index >= 15 is 0 Å². The minimum absolute atomic E-state index is 0.117. The molecule has 0 heterocycles. The lowest BCUT2D eigenvalue weighted by molar-refractivity contribution is 0.555. The molecule has 6 nitrogen and oxygen atoms in total. The second-order valence-corrected chi connectivity index (χ2v) is 9.94. The Labute approximate surface area is 173 Å². The van der Waals surface area contributed by atoms with Crippen LogP contribution in [0.5, 0.6) is 0 Å². The number of nitrogens with one attached hydrogen (secondary N) is 2. The van der Waals surface area contributed by atoms with Crippen LogP contribution in [0.25, 0.3) is 0 Å². The van der Waals surface area contributed by atoms with E-state index in [4.69, 9.17) is 0 Å². The quantitative estimate of drug-likeness (QED) is 0.587. The Hall–Kier alpha value is -2.98. The van der Waals surface area contributed by atoms with Gasteiger partial charge in [0.05, 0.1) is 10.6 Å². The highest BCUT2D eigenvalue weighted by molar-refractivity contribution is 7.93. The van der Waals surface area contributed by atoms with Gasteiger partial charge in [0.15, 0.2) is 0 Å². The molecule has 3 aromatic rings. The summed E-state index contributed by atoms with van der Waals surface area (Å²) in [6.45, 7) is 3.36. The molecule has 0 unspecified atom stereocenters. The summed E-state index contributed by atoms with van der Waals surface area (Å²) in [5, 5.41) is 0. The van der Waals surface area contributed by atoms with Gasteiger partial charge in [0.2, 0.25) is 0 Å². The largest absolute Gasteiger partial charge is 0.280 e. The number of aryl methyl sites for hydroxylation is 2. The predicted octanol–water partition coefficient (Wildman–Crippen LogP) is 4.18. The van der Waals surface area contributed by atoms with Crippen LogP contribution in [-0.2, 0) is 20.0 Å². The summed E-state index contributed by atoms with van der Waals surface area (Å²) in [7, 11) is -8.52. The fraction of sp³-hybridized carbons (Fsp3) is 0.100. The number of hydrogen-bond acceptors (Lipinski definition) is 4. The Bertz CT molecular complexity index is 1320. The second-order valence-electron chi connectivity index (χ2n) is 6.64. The minimum Gasteiger partial charge on any atom is -0.280 e. The Morgan fingerprint density at radius 2 is 1.33 bits per heavy atom. The van der Waals surface area contributed by atoms with Crippen molar-refractivity contribution in [1.29, 1.82) is 0 Å². The van der Waals surface area contributed by atoms with Crippen molar-refractivity contribution in [3.63, 3.8) is 0 Å². The topological polar surface area (TPSA) is 92.3 Å². The van der Waals surface area contributed by atoms with Crippen LogP contribution in [0.4, 0.5) is 20.2 Å². The van der Waals surface area contributed by atoms with Gasteiger partial charge in [0, 0.05) is 5.69 Å². The first-order valence-electron chi connectivity index (χ1n) is 8.66. The van der Waals surface area contributed by atoms with E-state index in [0.717, 1.165) is 17.7 Å². The van der Waals surface area contributed by atoms with Crippen LogP contribution in [0.1, 0.15) is 11.1 Å². The summed E-state index contributed by atoms with van der Waals surface area (Å²) < 4.78 is 82.4. The number of sulfonamides is 2. The molecule has 0 atom stereocenters. The molecule has 0 amide bonds. The number of benzene rings is 3. The number of hydrogen-bond donors (Lipinski definition) is 2. The third-order valence-electron chi connectivity index (χ3n) is 4.18. The van der Waals surface area contributed by atoms with Crippen molar-refractivity contribution < 1.29 is 25.6 Å². The number of rotatable bonds is 6. The Morgan fingerprint density at radius 1 is 0.700 bits per heavy atom. The lowest BCUT2D eigenvalue weighted by Gasteiger charge is -2.14. The predicted molar refractivity (Wildman–Crippen MR) is 110 cm³/mol. The van der Waals surface area contributed by atoms with Gasteiger partial charge >= 0.3 is 0 Å². The molecule has 0 saturated carbocycles. The van der Waals surface area contributed by atoms with E-state index in [0.29, 0.717) is 23.4 Å². The summed E-state index contributed by atoms with van der Waals surface area (Å²) in [6, 6.07) is 12.6. The Morgan fingerprint density at radius 3 is 2.00 bits per heavy atom. The fourth-order valence-corrected chi connectivity index (χ4v) is 5.23. The molecule has 0 spiro atoms. The summed E-state index contributed by atoms with van der Waals surface area (Å²) in [6.07, 6.45) is 0. The van der Waals surface area contributed by atoms with E-state index in [-0.39, 0.29) is 10.6 Å². The first-order valence-corrected chi connectivity index (χ1v) is 11.6. The van der Waals surface area contributed by atoms with Crippen molar-refractivity contribution >= 4 is 31.4 Å². The first-order chi connectivity index (χ1) is 14.0. The second kappa shape index (κ2) is 8.04. The van der Waals surface area contributed by atoms with Crippen molar-refractivity contribution in [1.82, 2.24) is 0 Å². The molecule has 10 heteroatoms. The van der Waals surface area contributed by atoms with E-state index in [1.807, 2.05) is 13.0 Å². The lowest BCUT2D eigenvalue weighted by atomic mass is 10.2. The van der Waals surface area contributed by atoms with Gasteiger partial charge in [-0.05, 0) is 67.4 Å². The number of anilines is 2. The van der Waals surface area contributed by atoms with E-state index in [9.17, 15) is 25.6 Å². The highest BCUT2D eigenvalue weighted by Crippen LogP contribution is 2.26. The molecule has 0 aliphatic carbocycles. The van der Waals surface area contributed by atoms with E-state index in [1.54, 1.807) is 25.1 Å². The summed E-state index contributed by atoms with van der Waals surface area (Å²) in [5.74, 6) is -2.06. The normalized spacial score (nSPS) is 11.9. The molecule has 0 aliphatic rings. The van der Waals surface area contributed by atoms with Crippen LogP contribution in [0.15, 0.2) is 70.5 Å². The zero-order valence-corrected chi connectivity index (χ0v) is 17.6. The van der Waals surface area contributed by atoms with Crippen LogP contribution in [0.3, 0.4) is 0 Å². The van der Waals surface area contributed by atoms with Gasteiger partial charge in [-0.15, -0.1) is 0 Å². The standard InChI is InChI=1S/C20H18F2N2O4S2/c1-13-4-3-5-16(10-13)23-29(25,26)19-12-17(8-6-14(19)2)24-30(27,28)20-11-15(21)7-9-18(20)22/h3-12,23-24H,1-2H3. The Balaban J connectivity index is 1.96. The monoisotopic (exact) mass is 452 g/mol. The van der Waals surface area contributed by atoms with Crippen LogP contribution in [0, 0.1) is 25.5 Å². The SMILES string of the molecule is Cc1cccc(NS(=O)(=O)c2cc(NS(=O)(=O)c3cc(F)ccc3F)ccc2C)c1. The lowest BCUT2D eigenvalue weighted by Crippen LogP contribution is -2.17. The van der Waals surface area contributed by atoms with Gasteiger partial charge in [-0.1, -0.05) is 18.2 Å². The molecular weight excluding hydrogens is 434 g/mol. The molecule has 158 valence electrons. The maximum atomic E-state index is 13.9. The van der Waals surface area contributed by atoms with Gasteiger partial charge in [-0.3, -0.25) is 9.44 Å². The van der Waals surface area contributed by atoms with E-state index < -0.39 is 36.6 Å². The van der Waals surface area contributed by atoms with Crippen LogP contribution in [0.2, 0.25) is 0 Å². The minimum atomic E-state index is -4.49. The van der Waals surface area contributed by atoms with Gasteiger partial charge in [-0.2, -0.15) is 0 Å². The molecule has 0 aromatic heterocycles. The van der Waals surface area contributed by atoms with Crippen molar-refractivity contribution in [2.24, 2.45) is 0 Å². The van der Waals surface area contributed by atoms with Crippen LogP contribution in [-0.4, -0.2) is 16.8 Å². The number of halogens is 2. The van der Waals surface area contributed by atoms with Crippen molar-refractivity contribution in [2.75, 3.05) is 9.44 Å². The average molecular weight is 453 g/mol. The zero-order chi connectivity index (χ0) is 22.1. The average Bonchev–Trinajstić information content (AvgIpc) is 2.64. The van der Waals surface area contributed by atoms with Crippen molar-refractivity contribution in [2.45, 2.75) is 23.6 Å². The van der Waals surface area contributed by atoms with Crippen LogP contribution < -0.4 is 9.44 Å². The molecule has 0 aliphatic heterocycles. The summed E-state index contributed by atoms with van der Waals surface area (Å²) in [5.41, 5.74) is 1.46. The van der Waals surface area contributed by atoms with Crippen LogP contribution >= 0.6 is 0 Å². The maximum Gasteiger partial charge on any atom is 0.264 e. The van der Waals surface area contributed by atoms with Crippen molar-refractivity contribution in [3.8, 4) is 0 Å². The summed E-state index contributed by atoms with van der Waals surface area (Å²) >= 11 is 0. The zero-order valence-electron chi connectivity index (χ0n) is 16.0. The molecule has 0 radical (unpaired) electrons. The molecule has 3 aromatic carbocycles. The molecule has 0 saturated heterocycles. The van der Waals surface area contributed by atoms with E-state index in [2.05, 4.69) is 9.44 Å². The highest BCUT2D eigenvalue weighted by Gasteiger charge is 2.22. The van der Waals surface area contributed by atoms with Gasteiger partial charge in [0.1, 0.15) is 16.5 Å². The molecule has 30 heavy (non-hydrogen) atoms. The molecule has 3 rings (SSSR count). The Kier molecular flexibility index (Phi) is 5.82. The van der Waals surface area contributed by atoms with Gasteiger partial charge in [-0.25, -0.2) is 25.6 Å². The first kappa shape index (κ1) is 21.7. The third-order valence-corrected chi connectivity index (χ3v) is 7.10. The van der Waals surface area contributed by atoms with Crippen molar-refractivity contribution in [3.05, 3.63) is 83.4 Å². The smallest absolute Gasteiger partial charge is 0.264 e. The molecular formula is C20H18F2N2O4S2. The fourth-order valence-electron chi connectivity index (χ4n) is 2.77.